The smallest absolute Gasteiger partial charge is 0.160 e. The van der Waals surface area contributed by atoms with Gasteiger partial charge in [-0.1, -0.05) is 27.2 Å². The summed E-state index contributed by atoms with van der Waals surface area (Å²) in [6.07, 6.45) is 4.05. The van der Waals surface area contributed by atoms with E-state index < -0.39 is 0 Å². The van der Waals surface area contributed by atoms with Gasteiger partial charge in [0, 0.05) is 12.5 Å². The summed E-state index contributed by atoms with van der Waals surface area (Å²) in [5, 5.41) is 0. The van der Waals surface area contributed by atoms with Gasteiger partial charge in [0.1, 0.15) is 5.82 Å². The van der Waals surface area contributed by atoms with Crippen LogP contribution in [0.5, 0.6) is 5.75 Å². The molecule has 4 nitrogen and oxygen atoms in total. The van der Waals surface area contributed by atoms with Crippen molar-refractivity contribution in [2.45, 2.75) is 59.1 Å². The second-order valence-corrected chi connectivity index (χ2v) is 4.62. The molecule has 0 amide bonds. The van der Waals surface area contributed by atoms with Crippen LogP contribution in [0.25, 0.3) is 0 Å². The number of rotatable bonds is 6. The molecule has 0 aliphatic rings. The number of hydrogen-bond acceptors (Lipinski definition) is 4. The van der Waals surface area contributed by atoms with Crippen LogP contribution in [0.3, 0.4) is 0 Å². The first-order chi connectivity index (χ1) is 8.08. The molecule has 0 aliphatic carbocycles. The Kier molecular flexibility index (Phi) is 5.35. The van der Waals surface area contributed by atoms with Crippen LogP contribution in [0.4, 0.5) is 0 Å². The number of nitrogens with two attached hydrogens (primary N) is 1. The third kappa shape index (κ3) is 3.97. The first-order valence-electron chi connectivity index (χ1n) is 6.31. The Labute approximate surface area is 104 Å². The largest absolute Gasteiger partial charge is 0.487 e. The highest BCUT2D eigenvalue weighted by Gasteiger charge is 2.11. The number of aromatic nitrogens is 2. The van der Waals surface area contributed by atoms with Crippen molar-refractivity contribution in [3.05, 3.63) is 17.7 Å². The van der Waals surface area contributed by atoms with Gasteiger partial charge in [-0.15, -0.1) is 0 Å². The van der Waals surface area contributed by atoms with Gasteiger partial charge >= 0.3 is 0 Å². The molecular formula is C13H23N3O. The predicted octanol–water partition coefficient (Wildman–Crippen LogP) is 2.63. The van der Waals surface area contributed by atoms with Gasteiger partial charge in [0.15, 0.2) is 5.75 Å². The third-order valence-electron chi connectivity index (χ3n) is 2.58. The van der Waals surface area contributed by atoms with Gasteiger partial charge in [0.05, 0.1) is 18.0 Å². The first-order valence-corrected chi connectivity index (χ1v) is 6.31. The molecule has 2 N–H and O–H groups in total. The lowest BCUT2D eigenvalue weighted by Crippen LogP contribution is -2.15. The van der Waals surface area contributed by atoms with Gasteiger partial charge in [-0.05, 0) is 13.3 Å². The second-order valence-electron chi connectivity index (χ2n) is 4.62. The molecule has 0 spiro atoms. The summed E-state index contributed by atoms with van der Waals surface area (Å²) in [7, 11) is 0. The zero-order valence-corrected chi connectivity index (χ0v) is 11.2. The Morgan fingerprint density at radius 1 is 1.35 bits per heavy atom. The van der Waals surface area contributed by atoms with Gasteiger partial charge in [-0.3, -0.25) is 0 Å². The normalized spacial score (nSPS) is 12.8. The number of hydrogen-bond donors (Lipinski definition) is 1. The summed E-state index contributed by atoms with van der Waals surface area (Å²) < 4.78 is 5.81. The number of ether oxygens (including phenoxy) is 1. The van der Waals surface area contributed by atoms with Crippen LogP contribution in [-0.2, 0) is 6.54 Å². The minimum absolute atomic E-state index is 0.179. The molecule has 4 heteroatoms. The van der Waals surface area contributed by atoms with Crippen molar-refractivity contribution in [1.82, 2.24) is 9.97 Å². The highest BCUT2D eigenvalue weighted by Crippen LogP contribution is 2.20. The van der Waals surface area contributed by atoms with Crippen molar-refractivity contribution in [3.63, 3.8) is 0 Å². The first kappa shape index (κ1) is 13.9. The minimum Gasteiger partial charge on any atom is -0.487 e. The molecule has 0 saturated carbocycles. The molecule has 0 fully saturated rings. The standard InChI is InChI=1S/C13H23N3O/c1-5-6-10(4)17-12-8-15-13(9(2)3)16-11(12)7-14/h8-10H,5-7,14H2,1-4H3. The van der Waals surface area contributed by atoms with Crippen molar-refractivity contribution in [2.75, 3.05) is 0 Å². The van der Waals surface area contributed by atoms with E-state index in [0.717, 1.165) is 30.1 Å². The van der Waals surface area contributed by atoms with E-state index in [4.69, 9.17) is 10.5 Å². The van der Waals surface area contributed by atoms with Crippen LogP contribution < -0.4 is 10.5 Å². The molecule has 1 heterocycles. The molecule has 0 radical (unpaired) electrons. The Morgan fingerprint density at radius 2 is 2.06 bits per heavy atom. The van der Waals surface area contributed by atoms with Crippen LogP contribution in [0.2, 0.25) is 0 Å². The van der Waals surface area contributed by atoms with Gasteiger partial charge < -0.3 is 10.5 Å². The van der Waals surface area contributed by atoms with Gasteiger partial charge in [0.2, 0.25) is 0 Å². The fourth-order valence-corrected chi connectivity index (χ4v) is 1.63. The second kappa shape index (κ2) is 6.55. The molecular weight excluding hydrogens is 214 g/mol. The van der Waals surface area contributed by atoms with Crippen molar-refractivity contribution in [2.24, 2.45) is 5.73 Å². The lowest BCUT2D eigenvalue weighted by Gasteiger charge is -2.16. The fraction of sp³-hybridized carbons (Fsp3) is 0.692. The molecule has 0 saturated heterocycles. The van der Waals surface area contributed by atoms with Gasteiger partial charge in [0.25, 0.3) is 0 Å². The molecule has 17 heavy (non-hydrogen) atoms. The predicted molar refractivity (Wildman–Crippen MR) is 69.0 cm³/mol. The topological polar surface area (TPSA) is 61.0 Å². The van der Waals surface area contributed by atoms with Gasteiger partial charge in [-0.25, -0.2) is 9.97 Å². The molecule has 1 rings (SSSR count). The Morgan fingerprint density at radius 3 is 2.59 bits per heavy atom. The maximum atomic E-state index is 5.81. The van der Waals surface area contributed by atoms with E-state index in [-0.39, 0.29) is 6.10 Å². The average Bonchev–Trinajstić information content (AvgIpc) is 2.29. The van der Waals surface area contributed by atoms with Crippen LogP contribution >= 0.6 is 0 Å². The Hall–Kier alpha value is -1.16. The zero-order valence-electron chi connectivity index (χ0n) is 11.2. The molecule has 1 unspecified atom stereocenters. The van der Waals surface area contributed by atoms with E-state index in [1.165, 1.54) is 0 Å². The quantitative estimate of drug-likeness (QED) is 0.826. The van der Waals surface area contributed by atoms with Crippen molar-refractivity contribution < 1.29 is 4.74 Å². The van der Waals surface area contributed by atoms with Crippen molar-refractivity contribution in [1.29, 1.82) is 0 Å². The zero-order chi connectivity index (χ0) is 12.8. The highest BCUT2D eigenvalue weighted by atomic mass is 16.5. The molecule has 0 aromatic carbocycles. The summed E-state index contributed by atoms with van der Waals surface area (Å²) in [5.74, 6) is 1.85. The summed E-state index contributed by atoms with van der Waals surface area (Å²) in [5.41, 5.74) is 6.50. The maximum absolute atomic E-state index is 5.81. The lowest BCUT2D eigenvalue weighted by atomic mass is 10.2. The Balaban J connectivity index is 2.85. The summed E-state index contributed by atoms with van der Waals surface area (Å²) in [4.78, 5) is 8.75. The third-order valence-corrected chi connectivity index (χ3v) is 2.58. The number of nitrogens with zero attached hydrogens (tertiary/aromatic N) is 2. The molecule has 0 aliphatic heterocycles. The monoisotopic (exact) mass is 237 g/mol. The van der Waals surface area contributed by atoms with Crippen molar-refractivity contribution in [3.8, 4) is 5.75 Å². The molecule has 0 bridgehead atoms. The summed E-state index contributed by atoms with van der Waals surface area (Å²) in [6, 6.07) is 0. The summed E-state index contributed by atoms with van der Waals surface area (Å²) in [6.45, 7) is 8.71. The van der Waals surface area contributed by atoms with Crippen LogP contribution in [0.15, 0.2) is 6.20 Å². The van der Waals surface area contributed by atoms with E-state index in [2.05, 4.69) is 37.7 Å². The molecule has 1 atom stereocenters. The average molecular weight is 237 g/mol. The fourth-order valence-electron chi connectivity index (χ4n) is 1.63. The van der Waals surface area contributed by atoms with Gasteiger partial charge in [-0.2, -0.15) is 0 Å². The van der Waals surface area contributed by atoms with Crippen LogP contribution in [0, 0.1) is 0 Å². The van der Waals surface area contributed by atoms with E-state index in [0.29, 0.717) is 12.5 Å². The molecule has 1 aromatic heterocycles. The lowest BCUT2D eigenvalue weighted by molar-refractivity contribution is 0.205. The Bertz CT molecular complexity index is 353. The molecule has 1 aromatic rings. The molecule has 96 valence electrons. The SMILES string of the molecule is CCCC(C)Oc1cnc(C(C)C)nc1CN. The minimum atomic E-state index is 0.179. The maximum Gasteiger partial charge on any atom is 0.160 e. The van der Waals surface area contributed by atoms with E-state index in [9.17, 15) is 0 Å². The van der Waals surface area contributed by atoms with E-state index in [1.54, 1.807) is 6.20 Å². The van der Waals surface area contributed by atoms with Crippen LogP contribution in [0.1, 0.15) is 58.0 Å². The highest BCUT2D eigenvalue weighted by molar-refractivity contribution is 5.25. The van der Waals surface area contributed by atoms with Crippen LogP contribution in [-0.4, -0.2) is 16.1 Å². The van der Waals surface area contributed by atoms with E-state index in [1.807, 2.05) is 0 Å². The van der Waals surface area contributed by atoms with Crippen molar-refractivity contribution >= 4 is 0 Å². The summed E-state index contributed by atoms with van der Waals surface area (Å²) >= 11 is 0. The van der Waals surface area contributed by atoms with E-state index >= 15 is 0 Å².